The van der Waals surface area contributed by atoms with E-state index in [0.29, 0.717) is 11.1 Å². The van der Waals surface area contributed by atoms with Gasteiger partial charge in [-0.3, -0.25) is 9.78 Å². The number of aromatic nitrogens is 1. The lowest BCUT2D eigenvalue weighted by atomic mass is 9.92. The van der Waals surface area contributed by atoms with Gasteiger partial charge in [-0.1, -0.05) is 0 Å². The Morgan fingerprint density at radius 2 is 2.10 bits per heavy atom. The first-order valence-electron chi connectivity index (χ1n) is 7.44. The van der Waals surface area contributed by atoms with Crippen LogP contribution in [0.2, 0.25) is 0 Å². The van der Waals surface area contributed by atoms with Crippen LogP contribution in [-0.2, 0) is 9.36 Å². The summed E-state index contributed by atoms with van der Waals surface area (Å²) < 4.78 is 11.9. The largest absolute Gasteiger partial charge is 0.324 e. The van der Waals surface area contributed by atoms with Crippen LogP contribution in [0.25, 0.3) is 0 Å². The van der Waals surface area contributed by atoms with Crippen LogP contribution < -0.4 is 16.1 Å². The first-order valence-corrected chi connectivity index (χ1v) is 10.0. The lowest BCUT2D eigenvalue weighted by Crippen LogP contribution is -2.31. The molecule has 1 saturated carbocycles. The zero-order valence-electron chi connectivity index (χ0n) is 12.6. The average Bonchev–Trinajstić information content (AvgIpc) is 3.13. The van der Waals surface area contributed by atoms with Crippen molar-refractivity contribution in [3.05, 3.63) is 18.3 Å². The van der Waals surface area contributed by atoms with E-state index in [-0.39, 0.29) is 17.2 Å². The van der Waals surface area contributed by atoms with E-state index in [0.717, 1.165) is 32.4 Å². The van der Waals surface area contributed by atoms with E-state index >= 15 is 0 Å². The second-order valence-corrected chi connectivity index (χ2v) is 9.77. The Morgan fingerprint density at radius 3 is 2.67 bits per heavy atom. The Balaban J connectivity index is 1.62. The Bertz CT molecular complexity index is 587. The smallest absolute Gasteiger partial charge is 0.228 e. The number of hydrogen-bond donors (Lipinski definition) is 2. The Hall–Kier alpha value is -1.19. The summed E-state index contributed by atoms with van der Waals surface area (Å²) in [5.74, 6) is 0.241. The molecule has 1 saturated heterocycles. The van der Waals surface area contributed by atoms with Crippen LogP contribution in [0, 0.1) is 11.3 Å². The quantitative estimate of drug-likeness (QED) is 0.833. The Labute approximate surface area is 125 Å². The summed E-state index contributed by atoms with van der Waals surface area (Å²) >= 11 is 0. The second-order valence-electron chi connectivity index (χ2n) is 6.61. The van der Waals surface area contributed by atoms with E-state index < -0.39 is 7.14 Å². The number of carbonyl (C=O) groups is 1. The molecule has 2 N–H and O–H groups in total. The lowest BCUT2D eigenvalue weighted by Gasteiger charge is -2.23. The minimum absolute atomic E-state index is 0.0997. The summed E-state index contributed by atoms with van der Waals surface area (Å²) in [6, 6.07) is 3.53. The Morgan fingerprint density at radius 1 is 1.38 bits per heavy atom. The van der Waals surface area contributed by atoms with Crippen molar-refractivity contribution in [2.75, 3.05) is 31.7 Å². The van der Waals surface area contributed by atoms with Crippen LogP contribution in [-0.4, -0.2) is 37.3 Å². The monoisotopic (exact) mass is 307 g/mol. The van der Waals surface area contributed by atoms with Gasteiger partial charge in [0.05, 0.1) is 17.3 Å². The van der Waals surface area contributed by atoms with E-state index in [9.17, 15) is 9.36 Å². The molecule has 21 heavy (non-hydrogen) atoms. The molecule has 1 aliphatic carbocycles. The molecule has 3 rings (SSSR count). The third kappa shape index (κ3) is 3.04. The van der Waals surface area contributed by atoms with Gasteiger partial charge >= 0.3 is 0 Å². The summed E-state index contributed by atoms with van der Waals surface area (Å²) in [6.07, 6.45) is 4.80. The molecular weight excluding hydrogens is 285 g/mol. The SMILES string of the molecule is CP(C)(=O)c1ccc(NC(=O)C2CC23CCNCC3)cn1. The van der Waals surface area contributed by atoms with Gasteiger partial charge in [-0.15, -0.1) is 0 Å². The molecule has 1 amide bonds. The number of hydrogen-bond acceptors (Lipinski definition) is 4. The summed E-state index contributed by atoms with van der Waals surface area (Å²) in [5.41, 5.74) is 1.53. The summed E-state index contributed by atoms with van der Waals surface area (Å²) in [6.45, 7) is 5.42. The molecule has 1 atom stereocenters. The molecular formula is C15H22N3O2P. The van der Waals surface area contributed by atoms with Gasteiger partial charge in [-0.2, -0.15) is 0 Å². The van der Waals surface area contributed by atoms with Crippen molar-refractivity contribution in [3.8, 4) is 0 Å². The molecule has 6 heteroatoms. The number of pyridine rings is 1. The maximum Gasteiger partial charge on any atom is 0.228 e. The Kier molecular flexibility index (Phi) is 3.66. The number of piperidine rings is 1. The molecule has 2 heterocycles. The third-order valence-electron chi connectivity index (χ3n) is 4.67. The molecule has 1 spiro atoms. The highest BCUT2D eigenvalue weighted by molar-refractivity contribution is 7.69. The van der Waals surface area contributed by atoms with Gasteiger partial charge in [0.15, 0.2) is 0 Å². The number of nitrogens with one attached hydrogen (secondary N) is 2. The molecule has 0 aromatic carbocycles. The second kappa shape index (κ2) is 5.22. The molecule has 2 fully saturated rings. The maximum atomic E-state index is 12.3. The summed E-state index contributed by atoms with van der Waals surface area (Å²) in [7, 11) is -2.34. The number of amides is 1. The van der Waals surface area contributed by atoms with Gasteiger partial charge < -0.3 is 15.2 Å². The normalized spacial score (nSPS) is 23.8. The molecule has 0 radical (unpaired) electrons. The number of anilines is 1. The van der Waals surface area contributed by atoms with Crippen molar-refractivity contribution in [1.82, 2.24) is 10.3 Å². The highest BCUT2D eigenvalue weighted by Gasteiger charge is 2.57. The van der Waals surface area contributed by atoms with Crippen LogP contribution in [0.3, 0.4) is 0 Å². The van der Waals surface area contributed by atoms with E-state index in [1.165, 1.54) is 0 Å². The van der Waals surface area contributed by atoms with Gasteiger partial charge in [-0.25, -0.2) is 0 Å². The van der Waals surface area contributed by atoms with Crippen molar-refractivity contribution >= 4 is 24.2 Å². The van der Waals surface area contributed by atoms with Gasteiger partial charge in [0.1, 0.15) is 7.14 Å². The summed E-state index contributed by atoms with van der Waals surface area (Å²) in [4.78, 5) is 16.5. The van der Waals surface area contributed by atoms with Crippen molar-refractivity contribution < 1.29 is 9.36 Å². The van der Waals surface area contributed by atoms with Crippen LogP contribution in [0.1, 0.15) is 19.3 Å². The van der Waals surface area contributed by atoms with Crippen molar-refractivity contribution in [2.45, 2.75) is 19.3 Å². The molecule has 0 bridgehead atoms. The number of rotatable bonds is 3. The van der Waals surface area contributed by atoms with Gasteiger partial charge in [0.25, 0.3) is 0 Å². The molecule has 1 aliphatic heterocycles. The molecule has 1 aromatic heterocycles. The fourth-order valence-corrected chi connectivity index (χ4v) is 3.97. The molecule has 2 aliphatic rings. The lowest BCUT2D eigenvalue weighted by molar-refractivity contribution is -0.118. The molecule has 114 valence electrons. The highest BCUT2D eigenvalue weighted by Crippen LogP contribution is 2.58. The first kappa shape index (κ1) is 14.7. The van der Waals surface area contributed by atoms with Crippen LogP contribution in [0.15, 0.2) is 18.3 Å². The fraction of sp³-hybridized carbons (Fsp3) is 0.600. The van der Waals surface area contributed by atoms with Gasteiger partial charge in [-0.05, 0) is 63.2 Å². The number of nitrogens with zero attached hydrogens (tertiary/aromatic N) is 1. The molecule has 1 unspecified atom stereocenters. The fourth-order valence-electron chi connectivity index (χ4n) is 3.20. The predicted octanol–water partition coefficient (Wildman–Crippen LogP) is 1.66. The predicted molar refractivity (Wildman–Crippen MR) is 84.6 cm³/mol. The summed E-state index contributed by atoms with van der Waals surface area (Å²) in [5, 5.41) is 6.28. The van der Waals surface area contributed by atoms with Crippen molar-refractivity contribution in [3.63, 3.8) is 0 Å². The minimum atomic E-state index is -2.34. The minimum Gasteiger partial charge on any atom is -0.324 e. The highest BCUT2D eigenvalue weighted by atomic mass is 31.2. The average molecular weight is 307 g/mol. The zero-order valence-corrected chi connectivity index (χ0v) is 13.5. The number of carbonyl (C=O) groups excluding carboxylic acids is 1. The van der Waals surface area contributed by atoms with Gasteiger partial charge in [0.2, 0.25) is 5.91 Å². The van der Waals surface area contributed by atoms with Crippen LogP contribution >= 0.6 is 7.14 Å². The van der Waals surface area contributed by atoms with Crippen molar-refractivity contribution in [1.29, 1.82) is 0 Å². The van der Waals surface area contributed by atoms with E-state index in [2.05, 4.69) is 15.6 Å². The van der Waals surface area contributed by atoms with Crippen LogP contribution in [0.4, 0.5) is 5.69 Å². The third-order valence-corrected chi connectivity index (χ3v) is 6.04. The zero-order chi connectivity index (χ0) is 15.1. The van der Waals surface area contributed by atoms with Crippen molar-refractivity contribution in [2.24, 2.45) is 11.3 Å². The van der Waals surface area contributed by atoms with E-state index in [1.807, 2.05) is 0 Å². The van der Waals surface area contributed by atoms with E-state index in [4.69, 9.17) is 0 Å². The maximum absolute atomic E-state index is 12.3. The van der Waals surface area contributed by atoms with E-state index in [1.54, 1.807) is 31.7 Å². The first-order chi connectivity index (χ1) is 9.91. The molecule has 5 nitrogen and oxygen atoms in total. The van der Waals surface area contributed by atoms with Gasteiger partial charge in [0, 0.05) is 5.92 Å². The standard InChI is InChI=1S/C15H22N3O2P/c1-21(2,20)13-4-3-11(10-17-13)18-14(19)12-9-15(12)5-7-16-8-6-15/h3-4,10,12,16H,5-9H2,1-2H3,(H,18,19). The topological polar surface area (TPSA) is 71.1 Å². The van der Waals surface area contributed by atoms with Crippen LogP contribution in [0.5, 0.6) is 0 Å². The molecule has 1 aromatic rings.